The van der Waals surface area contributed by atoms with Crippen LogP contribution in [0.2, 0.25) is 0 Å². The quantitative estimate of drug-likeness (QED) is 0.130. The summed E-state index contributed by atoms with van der Waals surface area (Å²) in [6, 6.07) is 11.6. The fraction of sp³-hybridized carbons (Fsp3) is 0.778. The summed E-state index contributed by atoms with van der Waals surface area (Å²) in [6.45, 7) is 2.30. The van der Waals surface area contributed by atoms with Crippen molar-refractivity contribution in [3.63, 3.8) is 0 Å². The summed E-state index contributed by atoms with van der Waals surface area (Å²) in [5.41, 5.74) is 1.47. The predicted octanol–water partition coefficient (Wildman–Crippen LogP) is 8.59. The second-order valence-corrected chi connectivity index (χ2v) is 9.22. The average molecular weight is 451 g/mol. The zero-order chi connectivity index (χ0) is 23.9. The van der Waals surface area contributed by atoms with Gasteiger partial charge in [0, 0.05) is 6.04 Å². The third-order valence-corrected chi connectivity index (χ3v) is 6.14. The Hall–Kier alpha value is -1.62. The molecular formula is C27H50N2O3. The molecule has 0 spiro atoms. The van der Waals surface area contributed by atoms with E-state index in [1.54, 1.807) is 0 Å². The average Bonchev–Trinajstić information content (AvgIpc) is 2.76. The van der Waals surface area contributed by atoms with Gasteiger partial charge in [0.1, 0.15) is 0 Å². The first-order valence-corrected chi connectivity index (χ1v) is 13.0. The van der Waals surface area contributed by atoms with Gasteiger partial charge in [0.15, 0.2) is 0 Å². The standard InChI is InChI=1S/C27H49N.HNO3/c1-4-5-6-7-8-9-10-11-12-13-14-15-16-17-18-22-25-27(28(2)3)26-23-20-19-21-24-26;2-1(3)4/h19-21,23-24,27H,4-18,22,25H2,1-3H3;(H,2,3,4). The molecule has 0 fully saturated rings. The van der Waals surface area contributed by atoms with Crippen molar-refractivity contribution in [1.82, 2.24) is 4.90 Å². The monoisotopic (exact) mass is 450 g/mol. The molecule has 0 aliphatic heterocycles. The van der Waals surface area contributed by atoms with Crippen LogP contribution in [0.1, 0.15) is 128 Å². The van der Waals surface area contributed by atoms with Crippen molar-refractivity contribution in [3.05, 3.63) is 46.0 Å². The molecule has 0 heterocycles. The van der Waals surface area contributed by atoms with Crippen LogP contribution >= 0.6 is 0 Å². The lowest BCUT2D eigenvalue weighted by molar-refractivity contribution is -0.742. The molecule has 0 saturated carbocycles. The molecule has 1 unspecified atom stereocenters. The lowest BCUT2D eigenvalue weighted by atomic mass is 9.98. The minimum Gasteiger partial charge on any atom is -0.328 e. The van der Waals surface area contributed by atoms with Gasteiger partial charge >= 0.3 is 0 Å². The van der Waals surface area contributed by atoms with Crippen LogP contribution in [-0.4, -0.2) is 29.3 Å². The highest BCUT2D eigenvalue weighted by molar-refractivity contribution is 5.18. The van der Waals surface area contributed by atoms with Crippen molar-refractivity contribution in [2.75, 3.05) is 14.1 Å². The molecule has 0 amide bonds. The van der Waals surface area contributed by atoms with Crippen molar-refractivity contribution in [2.24, 2.45) is 0 Å². The minimum atomic E-state index is -1.50. The number of nitrogens with zero attached hydrogens (tertiary/aromatic N) is 2. The second kappa shape index (κ2) is 22.6. The summed E-state index contributed by atoms with van der Waals surface area (Å²) in [7, 11) is 4.42. The fourth-order valence-electron chi connectivity index (χ4n) is 4.28. The molecule has 0 radical (unpaired) electrons. The van der Waals surface area contributed by atoms with Gasteiger partial charge in [-0.2, -0.15) is 0 Å². The Balaban J connectivity index is 0.00000220. The first-order valence-electron chi connectivity index (χ1n) is 13.0. The fourth-order valence-corrected chi connectivity index (χ4v) is 4.28. The number of unbranched alkanes of at least 4 members (excludes halogenated alkanes) is 15. The van der Waals surface area contributed by atoms with Gasteiger partial charge in [0.2, 0.25) is 0 Å². The molecule has 5 heteroatoms. The molecule has 1 aromatic rings. The lowest BCUT2D eigenvalue weighted by Crippen LogP contribution is -2.19. The molecule has 0 aromatic heterocycles. The maximum absolute atomic E-state index is 8.36. The van der Waals surface area contributed by atoms with Crippen LogP contribution in [0, 0.1) is 10.1 Å². The van der Waals surface area contributed by atoms with Gasteiger partial charge in [0.05, 0.1) is 0 Å². The van der Waals surface area contributed by atoms with Crippen molar-refractivity contribution < 1.29 is 10.3 Å². The molecule has 1 atom stereocenters. The van der Waals surface area contributed by atoms with E-state index in [0.717, 1.165) is 0 Å². The Kier molecular flexibility index (Phi) is 21.4. The van der Waals surface area contributed by atoms with Crippen LogP contribution in [0.25, 0.3) is 0 Å². The SMILES string of the molecule is CCCCCCCCCCCCCCCCCCC(c1ccccc1)N(C)C.O=[N+]([O-])O. The molecule has 0 bridgehead atoms. The largest absolute Gasteiger partial charge is 0.328 e. The van der Waals surface area contributed by atoms with Crippen LogP contribution in [0.5, 0.6) is 0 Å². The molecule has 1 aromatic carbocycles. The Morgan fingerprint density at radius 1 is 0.750 bits per heavy atom. The van der Waals surface area contributed by atoms with Crippen LogP contribution in [0.4, 0.5) is 0 Å². The van der Waals surface area contributed by atoms with Gasteiger partial charge < -0.3 is 10.1 Å². The first kappa shape index (κ1) is 30.4. The molecule has 1 rings (SSSR count). The molecule has 5 nitrogen and oxygen atoms in total. The highest BCUT2D eigenvalue weighted by atomic mass is 16.9. The van der Waals surface area contributed by atoms with Crippen molar-refractivity contribution in [3.8, 4) is 0 Å². The van der Waals surface area contributed by atoms with Gasteiger partial charge in [0.25, 0.3) is 5.09 Å². The van der Waals surface area contributed by atoms with Gasteiger partial charge in [-0.1, -0.05) is 140 Å². The zero-order valence-corrected chi connectivity index (χ0v) is 21.1. The van der Waals surface area contributed by atoms with Gasteiger partial charge in [-0.15, -0.1) is 10.1 Å². The highest BCUT2D eigenvalue weighted by Crippen LogP contribution is 2.24. The van der Waals surface area contributed by atoms with Gasteiger partial charge in [-0.3, -0.25) is 0 Å². The topological polar surface area (TPSA) is 66.6 Å². The summed E-state index contributed by atoms with van der Waals surface area (Å²) >= 11 is 0. The summed E-state index contributed by atoms with van der Waals surface area (Å²) in [5.74, 6) is 0. The molecule has 0 aliphatic rings. The highest BCUT2D eigenvalue weighted by Gasteiger charge is 2.12. The van der Waals surface area contributed by atoms with E-state index >= 15 is 0 Å². The van der Waals surface area contributed by atoms with Crippen molar-refractivity contribution in [1.29, 1.82) is 0 Å². The van der Waals surface area contributed by atoms with Gasteiger partial charge in [-0.05, 0) is 26.1 Å². The molecule has 32 heavy (non-hydrogen) atoms. The lowest BCUT2D eigenvalue weighted by Gasteiger charge is -2.24. The Labute approximate surface area is 197 Å². The van der Waals surface area contributed by atoms with Gasteiger partial charge in [-0.25, -0.2) is 0 Å². The number of hydrogen-bond donors (Lipinski definition) is 1. The minimum absolute atomic E-state index is 0.577. The molecule has 0 aliphatic carbocycles. The van der Waals surface area contributed by atoms with E-state index in [1.165, 1.54) is 115 Å². The Morgan fingerprint density at radius 3 is 1.44 bits per heavy atom. The van der Waals surface area contributed by atoms with E-state index in [2.05, 4.69) is 56.3 Å². The van der Waals surface area contributed by atoms with Crippen LogP contribution in [-0.2, 0) is 0 Å². The second-order valence-electron chi connectivity index (χ2n) is 9.22. The van der Waals surface area contributed by atoms with E-state index in [9.17, 15) is 0 Å². The maximum Gasteiger partial charge on any atom is 0.291 e. The van der Waals surface area contributed by atoms with E-state index in [0.29, 0.717) is 6.04 Å². The van der Waals surface area contributed by atoms with Crippen LogP contribution in [0.3, 0.4) is 0 Å². The van der Waals surface area contributed by atoms with Crippen LogP contribution < -0.4 is 0 Å². The first-order chi connectivity index (χ1) is 15.5. The Bertz CT molecular complexity index is 519. The third-order valence-electron chi connectivity index (χ3n) is 6.14. The summed E-state index contributed by atoms with van der Waals surface area (Å²) in [5, 5.41) is 13.6. The third kappa shape index (κ3) is 20.3. The van der Waals surface area contributed by atoms with E-state index in [4.69, 9.17) is 15.3 Å². The normalized spacial score (nSPS) is 11.8. The number of benzene rings is 1. The van der Waals surface area contributed by atoms with Crippen molar-refractivity contribution in [2.45, 2.75) is 122 Å². The summed E-state index contributed by atoms with van der Waals surface area (Å²) in [6.07, 6.45) is 24.4. The van der Waals surface area contributed by atoms with E-state index in [1.807, 2.05) is 0 Å². The maximum atomic E-state index is 8.36. The summed E-state index contributed by atoms with van der Waals surface area (Å²) < 4.78 is 0. The molecule has 0 saturated heterocycles. The summed E-state index contributed by atoms with van der Waals surface area (Å²) in [4.78, 5) is 10.7. The van der Waals surface area contributed by atoms with E-state index < -0.39 is 5.09 Å². The number of rotatable bonds is 19. The van der Waals surface area contributed by atoms with E-state index in [-0.39, 0.29) is 0 Å². The number of hydrogen-bond acceptors (Lipinski definition) is 3. The molecule has 1 N–H and O–H groups in total. The molecular weight excluding hydrogens is 400 g/mol. The van der Waals surface area contributed by atoms with Crippen molar-refractivity contribution >= 4 is 0 Å². The Morgan fingerprint density at radius 2 is 1.09 bits per heavy atom. The van der Waals surface area contributed by atoms with Crippen LogP contribution in [0.15, 0.2) is 30.3 Å². The smallest absolute Gasteiger partial charge is 0.291 e. The molecule has 186 valence electrons. The zero-order valence-electron chi connectivity index (χ0n) is 21.1. The predicted molar refractivity (Wildman–Crippen MR) is 136 cm³/mol.